The lowest BCUT2D eigenvalue weighted by atomic mass is 10.2. The molecule has 1 heterocycles. The minimum absolute atomic E-state index is 0.150. The van der Waals surface area contributed by atoms with Gasteiger partial charge in [-0.1, -0.05) is 6.07 Å². The van der Waals surface area contributed by atoms with Crippen molar-refractivity contribution in [3.63, 3.8) is 0 Å². The first-order valence-corrected chi connectivity index (χ1v) is 6.43. The van der Waals surface area contributed by atoms with Gasteiger partial charge in [0.25, 0.3) is 0 Å². The largest absolute Gasteiger partial charge is 0.504 e. The number of hydrogen-bond donors (Lipinski definition) is 2. The third-order valence-electron chi connectivity index (χ3n) is 2.97. The second-order valence-corrected chi connectivity index (χ2v) is 4.52. The van der Waals surface area contributed by atoms with Crippen LogP contribution < -0.4 is 14.2 Å². The Hall–Kier alpha value is -3.15. The fraction of sp³-hybridized carbons (Fsp3) is 0.0625. The van der Waals surface area contributed by atoms with E-state index in [1.807, 2.05) is 0 Å². The highest BCUT2D eigenvalue weighted by Crippen LogP contribution is 2.35. The number of hydrogen-bond acceptors (Lipinski definition) is 6. The van der Waals surface area contributed by atoms with Crippen LogP contribution in [0.3, 0.4) is 0 Å². The molecule has 0 saturated carbocycles. The SMILES string of the molecule is O=C(/C=C/c1ccc(O)c(O)c1)Oc1ccc2c(c1)OCO2. The smallest absolute Gasteiger partial charge is 0.336 e. The lowest BCUT2D eigenvalue weighted by Gasteiger charge is -2.02. The van der Waals surface area contributed by atoms with Crippen LogP contribution in [-0.2, 0) is 4.79 Å². The van der Waals surface area contributed by atoms with Crippen LogP contribution in [0.15, 0.2) is 42.5 Å². The van der Waals surface area contributed by atoms with E-state index in [0.717, 1.165) is 0 Å². The minimum Gasteiger partial charge on any atom is -0.504 e. The summed E-state index contributed by atoms with van der Waals surface area (Å²) in [4.78, 5) is 11.7. The number of phenolic OH excluding ortho intramolecular Hbond substituents is 2. The summed E-state index contributed by atoms with van der Waals surface area (Å²) in [5, 5.41) is 18.6. The van der Waals surface area contributed by atoms with Gasteiger partial charge in [-0.2, -0.15) is 0 Å². The maximum atomic E-state index is 11.7. The first kappa shape index (κ1) is 13.8. The molecule has 22 heavy (non-hydrogen) atoms. The maximum absolute atomic E-state index is 11.7. The number of phenols is 2. The number of aromatic hydroxyl groups is 2. The van der Waals surface area contributed by atoms with Crippen molar-refractivity contribution in [2.45, 2.75) is 0 Å². The van der Waals surface area contributed by atoms with Gasteiger partial charge in [0.2, 0.25) is 6.79 Å². The number of esters is 1. The normalized spacial score (nSPS) is 12.5. The molecule has 0 unspecified atom stereocenters. The van der Waals surface area contributed by atoms with E-state index < -0.39 is 5.97 Å². The quantitative estimate of drug-likeness (QED) is 0.392. The molecule has 0 aliphatic carbocycles. The molecule has 0 amide bonds. The van der Waals surface area contributed by atoms with Crippen LogP contribution in [-0.4, -0.2) is 23.0 Å². The Morgan fingerprint density at radius 1 is 1.05 bits per heavy atom. The van der Waals surface area contributed by atoms with Crippen LogP contribution >= 0.6 is 0 Å². The number of benzene rings is 2. The summed E-state index contributed by atoms with van der Waals surface area (Å²) in [7, 11) is 0. The molecule has 2 aromatic rings. The van der Waals surface area contributed by atoms with Gasteiger partial charge < -0.3 is 24.4 Å². The summed E-state index contributed by atoms with van der Waals surface area (Å²) in [5.74, 6) is 0.415. The molecule has 0 fully saturated rings. The molecule has 0 saturated heterocycles. The van der Waals surface area contributed by atoms with Crippen molar-refractivity contribution >= 4 is 12.0 Å². The van der Waals surface area contributed by atoms with E-state index in [1.54, 1.807) is 24.3 Å². The summed E-state index contributed by atoms with van der Waals surface area (Å²) >= 11 is 0. The minimum atomic E-state index is -0.577. The van der Waals surface area contributed by atoms with Gasteiger partial charge in [0.15, 0.2) is 23.0 Å². The first-order chi connectivity index (χ1) is 10.6. The van der Waals surface area contributed by atoms with Gasteiger partial charge in [-0.05, 0) is 35.9 Å². The molecule has 1 aliphatic rings. The van der Waals surface area contributed by atoms with Crippen LogP contribution in [0.2, 0.25) is 0 Å². The molecule has 0 bridgehead atoms. The van der Waals surface area contributed by atoms with Gasteiger partial charge in [-0.25, -0.2) is 4.79 Å². The van der Waals surface area contributed by atoms with E-state index in [-0.39, 0.29) is 18.3 Å². The fourth-order valence-electron chi connectivity index (χ4n) is 1.90. The van der Waals surface area contributed by atoms with Crippen molar-refractivity contribution in [1.82, 2.24) is 0 Å². The molecule has 0 atom stereocenters. The highest BCUT2D eigenvalue weighted by Gasteiger charge is 2.14. The summed E-state index contributed by atoms with van der Waals surface area (Å²) in [6, 6.07) is 9.05. The van der Waals surface area contributed by atoms with Gasteiger partial charge in [-0.15, -0.1) is 0 Å². The Labute approximate surface area is 125 Å². The van der Waals surface area contributed by atoms with Crippen molar-refractivity contribution in [1.29, 1.82) is 0 Å². The predicted molar refractivity (Wildman–Crippen MR) is 77.0 cm³/mol. The van der Waals surface area contributed by atoms with Gasteiger partial charge in [0, 0.05) is 12.1 Å². The average Bonchev–Trinajstić information content (AvgIpc) is 2.96. The lowest BCUT2D eigenvalue weighted by Crippen LogP contribution is -2.03. The standard InChI is InChI=1S/C16H12O6/c17-12-4-1-10(7-13(12)18)2-6-16(19)22-11-3-5-14-15(8-11)21-9-20-14/h1-8,17-18H,9H2/b6-2+. The maximum Gasteiger partial charge on any atom is 0.336 e. The second-order valence-electron chi connectivity index (χ2n) is 4.52. The van der Waals surface area contributed by atoms with E-state index in [9.17, 15) is 15.0 Å². The Kier molecular flexibility index (Phi) is 3.57. The van der Waals surface area contributed by atoms with E-state index >= 15 is 0 Å². The molecule has 2 aromatic carbocycles. The highest BCUT2D eigenvalue weighted by molar-refractivity contribution is 5.88. The Morgan fingerprint density at radius 2 is 1.86 bits per heavy atom. The van der Waals surface area contributed by atoms with Crippen molar-refractivity contribution < 1.29 is 29.2 Å². The molecule has 0 radical (unpaired) electrons. The second kappa shape index (κ2) is 5.69. The van der Waals surface area contributed by atoms with Crippen LogP contribution in [0.25, 0.3) is 6.08 Å². The Bertz CT molecular complexity index is 750. The van der Waals surface area contributed by atoms with Crippen LogP contribution in [0, 0.1) is 0 Å². The Balaban J connectivity index is 1.67. The monoisotopic (exact) mass is 300 g/mol. The summed E-state index contributed by atoms with van der Waals surface area (Å²) < 4.78 is 15.5. The molecule has 6 heteroatoms. The van der Waals surface area contributed by atoms with E-state index in [4.69, 9.17) is 14.2 Å². The van der Waals surface area contributed by atoms with Gasteiger partial charge in [0.1, 0.15) is 5.75 Å². The van der Waals surface area contributed by atoms with Crippen molar-refractivity contribution in [2.24, 2.45) is 0 Å². The summed E-state index contributed by atoms with van der Waals surface area (Å²) in [6.45, 7) is 0.150. The number of carbonyl (C=O) groups is 1. The van der Waals surface area contributed by atoms with Crippen LogP contribution in [0.5, 0.6) is 28.7 Å². The zero-order valence-corrected chi connectivity index (χ0v) is 11.4. The zero-order valence-electron chi connectivity index (χ0n) is 11.4. The fourth-order valence-corrected chi connectivity index (χ4v) is 1.90. The topological polar surface area (TPSA) is 85.2 Å². The van der Waals surface area contributed by atoms with E-state index in [0.29, 0.717) is 22.8 Å². The number of carbonyl (C=O) groups excluding carboxylic acids is 1. The van der Waals surface area contributed by atoms with Crippen molar-refractivity contribution in [3.8, 4) is 28.7 Å². The summed E-state index contributed by atoms with van der Waals surface area (Å²) in [6.07, 6.45) is 2.69. The highest BCUT2D eigenvalue weighted by atomic mass is 16.7. The van der Waals surface area contributed by atoms with E-state index in [1.165, 1.54) is 24.3 Å². The third kappa shape index (κ3) is 2.95. The number of ether oxygens (including phenoxy) is 3. The van der Waals surface area contributed by atoms with Gasteiger partial charge in [-0.3, -0.25) is 0 Å². The first-order valence-electron chi connectivity index (χ1n) is 6.43. The molecule has 0 aromatic heterocycles. The van der Waals surface area contributed by atoms with Crippen LogP contribution in [0.1, 0.15) is 5.56 Å². The zero-order chi connectivity index (χ0) is 15.5. The predicted octanol–water partition coefficient (Wildman–Crippen LogP) is 2.45. The van der Waals surface area contributed by atoms with Gasteiger partial charge in [0.05, 0.1) is 0 Å². The molecular formula is C16H12O6. The molecule has 6 nitrogen and oxygen atoms in total. The van der Waals surface area contributed by atoms with Crippen LogP contribution in [0.4, 0.5) is 0 Å². The number of rotatable bonds is 3. The third-order valence-corrected chi connectivity index (χ3v) is 2.97. The van der Waals surface area contributed by atoms with E-state index in [2.05, 4.69) is 0 Å². The van der Waals surface area contributed by atoms with Crippen molar-refractivity contribution in [2.75, 3.05) is 6.79 Å². The molecule has 3 rings (SSSR count). The molecule has 0 spiro atoms. The van der Waals surface area contributed by atoms with Crippen molar-refractivity contribution in [3.05, 3.63) is 48.0 Å². The van der Waals surface area contributed by atoms with Gasteiger partial charge >= 0.3 is 5.97 Å². The average molecular weight is 300 g/mol. The molecule has 112 valence electrons. The molecular weight excluding hydrogens is 288 g/mol. The summed E-state index contributed by atoms with van der Waals surface area (Å²) in [5.41, 5.74) is 0.554. The Morgan fingerprint density at radius 3 is 2.68 bits per heavy atom. The number of fused-ring (bicyclic) bond motifs is 1. The lowest BCUT2D eigenvalue weighted by molar-refractivity contribution is -0.128. The molecule has 1 aliphatic heterocycles. The molecule has 2 N–H and O–H groups in total.